The van der Waals surface area contributed by atoms with Crippen LogP contribution in [0.15, 0.2) is 0 Å². The van der Waals surface area contributed by atoms with E-state index in [2.05, 4.69) is 31.0 Å². The van der Waals surface area contributed by atoms with Crippen molar-refractivity contribution in [3.8, 4) is 0 Å². The van der Waals surface area contributed by atoms with Crippen LogP contribution in [0.3, 0.4) is 0 Å². The first-order valence-corrected chi connectivity index (χ1v) is 8.01. The zero-order valence-corrected chi connectivity index (χ0v) is 12.4. The van der Waals surface area contributed by atoms with Gasteiger partial charge in [0.05, 0.1) is 0 Å². The van der Waals surface area contributed by atoms with Crippen molar-refractivity contribution in [2.24, 2.45) is 17.3 Å². The fourth-order valence-electron chi connectivity index (χ4n) is 4.29. The summed E-state index contributed by atoms with van der Waals surface area (Å²) in [6.45, 7) is 11.3. The van der Waals surface area contributed by atoms with E-state index < -0.39 is 0 Å². The van der Waals surface area contributed by atoms with Crippen molar-refractivity contribution in [1.29, 1.82) is 0 Å². The lowest BCUT2D eigenvalue weighted by Crippen LogP contribution is -2.36. The Morgan fingerprint density at radius 2 is 1.94 bits per heavy atom. The van der Waals surface area contributed by atoms with Crippen molar-refractivity contribution in [1.82, 2.24) is 10.2 Å². The number of hydrogen-bond acceptors (Lipinski definition) is 2. The van der Waals surface area contributed by atoms with Gasteiger partial charge in [-0.15, -0.1) is 0 Å². The maximum atomic E-state index is 3.88. The Morgan fingerprint density at radius 1 is 1.17 bits per heavy atom. The van der Waals surface area contributed by atoms with Crippen LogP contribution in [0.25, 0.3) is 0 Å². The Balaban J connectivity index is 1.42. The van der Waals surface area contributed by atoms with E-state index in [0.717, 1.165) is 23.9 Å². The molecule has 104 valence electrons. The largest absolute Gasteiger partial charge is 0.313 e. The molecule has 0 amide bonds. The van der Waals surface area contributed by atoms with Crippen molar-refractivity contribution in [2.45, 2.75) is 65.0 Å². The van der Waals surface area contributed by atoms with E-state index in [1.165, 1.54) is 51.7 Å². The summed E-state index contributed by atoms with van der Waals surface area (Å²) < 4.78 is 0. The molecule has 0 unspecified atom stereocenters. The molecule has 18 heavy (non-hydrogen) atoms. The lowest BCUT2D eigenvalue weighted by molar-refractivity contribution is 0.304. The molecule has 3 rings (SSSR count). The van der Waals surface area contributed by atoms with Crippen LogP contribution in [0.4, 0.5) is 0 Å². The Kier molecular flexibility index (Phi) is 3.44. The van der Waals surface area contributed by atoms with E-state index >= 15 is 0 Å². The van der Waals surface area contributed by atoms with Crippen LogP contribution in [0.1, 0.15) is 52.9 Å². The molecule has 1 aliphatic heterocycles. The normalized spacial score (nSPS) is 40.5. The highest BCUT2D eigenvalue weighted by Gasteiger charge is 2.38. The fourth-order valence-corrected chi connectivity index (χ4v) is 4.29. The number of nitrogens with zero attached hydrogens (tertiary/aromatic N) is 1. The molecule has 3 atom stereocenters. The molecule has 3 fully saturated rings. The quantitative estimate of drug-likeness (QED) is 0.825. The predicted octanol–water partition coefficient (Wildman–Crippen LogP) is 2.89. The van der Waals surface area contributed by atoms with Crippen LogP contribution >= 0.6 is 0 Å². The Labute approximate surface area is 113 Å². The number of hydrogen-bond donors (Lipinski definition) is 1. The molecule has 3 aliphatic rings. The molecule has 0 spiro atoms. The third kappa shape index (κ3) is 2.91. The lowest BCUT2D eigenvalue weighted by Gasteiger charge is -2.21. The number of likely N-dealkylation sites (tertiary alicyclic amines) is 1. The zero-order chi connectivity index (χ0) is 12.8. The smallest absolute Gasteiger partial charge is 0.00980 e. The second-order valence-corrected chi connectivity index (χ2v) is 7.95. The summed E-state index contributed by atoms with van der Waals surface area (Å²) in [4.78, 5) is 2.73. The molecule has 1 saturated heterocycles. The second kappa shape index (κ2) is 4.79. The van der Waals surface area contributed by atoms with Crippen LogP contribution in [0, 0.1) is 17.3 Å². The minimum absolute atomic E-state index is 0.562. The van der Waals surface area contributed by atoms with Gasteiger partial charge in [-0.05, 0) is 62.4 Å². The monoisotopic (exact) mass is 250 g/mol. The molecule has 0 aromatic rings. The van der Waals surface area contributed by atoms with Gasteiger partial charge in [-0.25, -0.2) is 0 Å². The maximum absolute atomic E-state index is 3.88. The molecule has 2 nitrogen and oxygen atoms in total. The van der Waals surface area contributed by atoms with E-state index in [-0.39, 0.29) is 0 Å². The molecule has 2 heteroatoms. The first-order valence-electron chi connectivity index (χ1n) is 8.01. The summed E-state index contributed by atoms with van der Waals surface area (Å²) in [5.74, 6) is 1.78. The van der Waals surface area contributed by atoms with Gasteiger partial charge in [-0.1, -0.05) is 20.8 Å². The van der Waals surface area contributed by atoms with E-state index in [1.807, 2.05) is 0 Å². The highest BCUT2D eigenvalue weighted by atomic mass is 15.2. The molecule has 0 aromatic heterocycles. The Hall–Kier alpha value is -0.0800. The summed E-state index contributed by atoms with van der Waals surface area (Å²) in [5.41, 5.74) is 0.562. The molecule has 0 bridgehead atoms. The van der Waals surface area contributed by atoms with Gasteiger partial charge in [-0.3, -0.25) is 0 Å². The average molecular weight is 250 g/mol. The number of nitrogens with one attached hydrogen (secondary N) is 1. The van der Waals surface area contributed by atoms with Crippen LogP contribution in [-0.4, -0.2) is 36.6 Å². The van der Waals surface area contributed by atoms with Gasteiger partial charge in [0, 0.05) is 18.6 Å². The van der Waals surface area contributed by atoms with E-state index in [1.54, 1.807) is 0 Å². The zero-order valence-electron chi connectivity index (χ0n) is 12.4. The Morgan fingerprint density at radius 3 is 2.56 bits per heavy atom. The van der Waals surface area contributed by atoms with Crippen LogP contribution in [0.2, 0.25) is 0 Å². The summed E-state index contributed by atoms with van der Waals surface area (Å²) in [7, 11) is 0. The average Bonchev–Trinajstić information content (AvgIpc) is 2.96. The van der Waals surface area contributed by atoms with Crippen LogP contribution in [-0.2, 0) is 0 Å². The molecular weight excluding hydrogens is 220 g/mol. The summed E-state index contributed by atoms with van der Waals surface area (Å²) in [6, 6.07) is 1.74. The van der Waals surface area contributed by atoms with E-state index in [9.17, 15) is 0 Å². The van der Waals surface area contributed by atoms with Crippen molar-refractivity contribution >= 4 is 0 Å². The molecule has 0 radical (unpaired) electrons. The van der Waals surface area contributed by atoms with Crippen molar-refractivity contribution < 1.29 is 0 Å². The summed E-state index contributed by atoms with van der Waals surface area (Å²) in [5, 5.41) is 3.88. The standard InChI is InChI=1S/C16H30N2/c1-12-8-16(2,3)9-15(12)17-10-13-6-7-18(11-13)14-4-5-14/h12-15,17H,4-11H2,1-3H3/t12-,13-,15-/m1/s1. The van der Waals surface area contributed by atoms with Gasteiger partial charge < -0.3 is 10.2 Å². The van der Waals surface area contributed by atoms with Crippen LogP contribution < -0.4 is 5.32 Å². The van der Waals surface area contributed by atoms with Gasteiger partial charge in [0.25, 0.3) is 0 Å². The SMILES string of the molecule is C[C@@H]1CC(C)(C)C[C@H]1NC[C@H]1CCN(C2CC2)C1. The lowest BCUT2D eigenvalue weighted by atomic mass is 9.91. The topological polar surface area (TPSA) is 15.3 Å². The first kappa shape index (κ1) is 12.9. The highest BCUT2D eigenvalue weighted by molar-refractivity contribution is 4.93. The number of rotatable bonds is 4. The van der Waals surface area contributed by atoms with Gasteiger partial charge in [0.1, 0.15) is 0 Å². The van der Waals surface area contributed by atoms with E-state index in [4.69, 9.17) is 0 Å². The minimum atomic E-state index is 0.562. The molecule has 1 N–H and O–H groups in total. The van der Waals surface area contributed by atoms with Crippen molar-refractivity contribution in [3.63, 3.8) is 0 Å². The molecular formula is C16H30N2. The summed E-state index contributed by atoms with van der Waals surface area (Å²) in [6.07, 6.45) is 7.12. The first-order chi connectivity index (χ1) is 8.53. The van der Waals surface area contributed by atoms with Gasteiger partial charge >= 0.3 is 0 Å². The molecule has 1 heterocycles. The molecule has 2 aliphatic carbocycles. The van der Waals surface area contributed by atoms with E-state index in [0.29, 0.717) is 5.41 Å². The Bertz CT molecular complexity index is 295. The predicted molar refractivity (Wildman–Crippen MR) is 76.7 cm³/mol. The van der Waals surface area contributed by atoms with Crippen molar-refractivity contribution in [2.75, 3.05) is 19.6 Å². The van der Waals surface area contributed by atoms with Gasteiger partial charge in [0.15, 0.2) is 0 Å². The fraction of sp³-hybridized carbons (Fsp3) is 1.00. The van der Waals surface area contributed by atoms with Gasteiger partial charge in [0.2, 0.25) is 0 Å². The second-order valence-electron chi connectivity index (χ2n) is 7.95. The van der Waals surface area contributed by atoms with Crippen molar-refractivity contribution in [3.05, 3.63) is 0 Å². The molecule has 2 saturated carbocycles. The third-order valence-corrected chi connectivity index (χ3v) is 5.38. The van der Waals surface area contributed by atoms with Crippen LogP contribution in [0.5, 0.6) is 0 Å². The third-order valence-electron chi connectivity index (χ3n) is 5.38. The minimum Gasteiger partial charge on any atom is -0.313 e. The molecule has 0 aromatic carbocycles. The van der Waals surface area contributed by atoms with Gasteiger partial charge in [-0.2, -0.15) is 0 Å². The summed E-state index contributed by atoms with van der Waals surface area (Å²) >= 11 is 0. The highest BCUT2D eigenvalue weighted by Crippen LogP contribution is 2.41. The maximum Gasteiger partial charge on any atom is 0.00980 e.